The van der Waals surface area contributed by atoms with E-state index in [1.165, 1.54) is 58.9 Å². The predicted molar refractivity (Wildman–Crippen MR) is 162 cm³/mol. The molecule has 0 spiro atoms. The first-order valence-corrected chi connectivity index (χ1v) is 15.0. The van der Waals surface area contributed by atoms with Crippen LogP contribution in [0, 0.1) is 11.3 Å². The molecule has 41 heavy (non-hydrogen) atoms. The van der Waals surface area contributed by atoms with E-state index in [1.54, 1.807) is 24.3 Å². The molecule has 0 atom stereocenters. The van der Waals surface area contributed by atoms with E-state index in [0.717, 1.165) is 0 Å². The summed E-state index contributed by atoms with van der Waals surface area (Å²) in [7, 11) is -4.02. The Hall–Kier alpha value is -3.00. The van der Waals surface area contributed by atoms with E-state index in [1.807, 2.05) is 6.07 Å². The number of carbonyl (C=O) groups excluding carboxylic acids is 1. The van der Waals surface area contributed by atoms with Crippen LogP contribution >= 0.6 is 58.0 Å². The van der Waals surface area contributed by atoms with Gasteiger partial charge in [-0.1, -0.05) is 64.1 Å². The Labute approximate surface area is 261 Å². The smallest absolute Gasteiger partial charge is 0.266 e. The van der Waals surface area contributed by atoms with Crippen LogP contribution in [-0.4, -0.2) is 18.6 Å². The van der Waals surface area contributed by atoms with Crippen molar-refractivity contribution in [3.8, 4) is 6.07 Å². The highest BCUT2D eigenvalue weighted by molar-refractivity contribution is 7.89. The molecule has 0 fully saturated rings. The van der Waals surface area contributed by atoms with Crippen molar-refractivity contribution in [3.63, 3.8) is 0 Å². The standard InChI is InChI=1S/C28H18Cl5N3O4S/c29-19-2-7-23(8-3-19)41(38,39)36(15-17-1-9-24(30)26(32)11-17)16-22-6-5-21(40-22)12-18(14-34)28(37)35-20-4-10-25(31)27(33)13-20/h1-13H,15-16H2,(H,35,37)/b18-12-. The molecule has 0 aliphatic carbocycles. The maximum absolute atomic E-state index is 13.6. The van der Waals surface area contributed by atoms with Crippen molar-refractivity contribution in [3.05, 3.63) is 121 Å². The molecule has 1 amide bonds. The molecule has 0 saturated heterocycles. The average molecular weight is 670 g/mol. The second-order valence-corrected chi connectivity index (χ2v) is 12.5. The van der Waals surface area contributed by atoms with Crippen molar-refractivity contribution >= 4 is 85.7 Å². The topological polar surface area (TPSA) is 103 Å². The largest absolute Gasteiger partial charge is 0.460 e. The Morgan fingerprint density at radius 2 is 1.51 bits per heavy atom. The third kappa shape index (κ3) is 7.85. The fourth-order valence-corrected chi connectivity index (χ4v) is 5.76. The van der Waals surface area contributed by atoms with Gasteiger partial charge in [0.1, 0.15) is 23.2 Å². The van der Waals surface area contributed by atoms with Crippen LogP contribution < -0.4 is 5.32 Å². The van der Waals surface area contributed by atoms with E-state index < -0.39 is 15.9 Å². The van der Waals surface area contributed by atoms with Gasteiger partial charge in [0.15, 0.2) is 0 Å². The van der Waals surface area contributed by atoms with Gasteiger partial charge in [0, 0.05) is 23.3 Å². The molecule has 0 saturated carbocycles. The second kappa shape index (κ2) is 13.3. The molecule has 0 aliphatic rings. The van der Waals surface area contributed by atoms with Crippen LogP contribution in [-0.2, 0) is 27.9 Å². The lowest BCUT2D eigenvalue weighted by atomic mass is 10.2. The van der Waals surface area contributed by atoms with Gasteiger partial charge in [0.25, 0.3) is 5.91 Å². The Morgan fingerprint density at radius 3 is 2.15 bits per heavy atom. The number of amides is 1. The van der Waals surface area contributed by atoms with Crippen LogP contribution in [0.15, 0.2) is 87.7 Å². The fourth-order valence-electron chi connectivity index (χ4n) is 3.62. The summed E-state index contributed by atoms with van der Waals surface area (Å²) in [5.74, 6) is -0.273. The minimum atomic E-state index is -4.02. The van der Waals surface area contributed by atoms with E-state index in [9.17, 15) is 18.5 Å². The maximum Gasteiger partial charge on any atom is 0.266 e. The van der Waals surface area contributed by atoms with Crippen LogP contribution in [0.25, 0.3) is 6.08 Å². The maximum atomic E-state index is 13.6. The zero-order chi connectivity index (χ0) is 29.7. The normalized spacial score (nSPS) is 11.9. The van der Waals surface area contributed by atoms with Crippen LogP contribution in [0.1, 0.15) is 17.1 Å². The molecule has 0 aliphatic heterocycles. The SMILES string of the molecule is N#C/C(=C/c1ccc(CN(Cc2ccc(Cl)c(Cl)c2)S(=O)(=O)c2ccc(Cl)cc2)o1)C(=O)Nc1ccc(Cl)c(Cl)c1. The zero-order valence-electron chi connectivity index (χ0n) is 20.7. The van der Waals surface area contributed by atoms with Crippen LogP contribution in [0.3, 0.4) is 0 Å². The second-order valence-electron chi connectivity index (χ2n) is 8.53. The molecular formula is C28H18Cl5N3O4S. The number of hydrogen-bond acceptors (Lipinski definition) is 5. The van der Waals surface area contributed by atoms with Gasteiger partial charge in [-0.3, -0.25) is 4.79 Å². The minimum absolute atomic E-state index is 0.0272. The van der Waals surface area contributed by atoms with Gasteiger partial charge in [0.2, 0.25) is 10.0 Å². The first-order valence-electron chi connectivity index (χ1n) is 11.6. The predicted octanol–water partition coefficient (Wildman–Crippen LogP) is 8.48. The fraction of sp³-hybridized carbons (Fsp3) is 0.0714. The Balaban J connectivity index is 1.59. The summed E-state index contributed by atoms with van der Waals surface area (Å²) < 4.78 is 34.2. The highest BCUT2D eigenvalue weighted by atomic mass is 35.5. The summed E-state index contributed by atoms with van der Waals surface area (Å²) in [4.78, 5) is 12.7. The van der Waals surface area contributed by atoms with E-state index in [-0.39, 0.29) is 45.1 Å². The summed E-state index contributed by atoms with van der Waals surface area (Å²) >= 11 is 30.0. The molecule has 1 aromatic heterocycles. The van der Waals surface area contributed by atoms with Crippen molar-refractivity contribution in [2.24, 2.45) is 0 Å². The van der Waals surface area contributed by atoms with Crippen molar-refractivity contribution in [1.29, 1.82) is 5.26 Å². The molecular weight excluding hydrogens is 652 g/mol. The number of nitrogens with zero attached hydrogens (tertiary/aromatic N) is 2. The number of benzene rings is 3. The lowest BCUT2D eigenvalue weighted by Gasteiger charge is -2.22. The van der Waals surface area contributed by atoms with Crippen LogP contribution in [0.4, 0.5) is 5.69 Å². The van der Waals surface area contributed by atoms with Crippen LogP contribution in [0.5, 0.6) is 0 Å². The molecule has 210 valence electrons. The number of anilines is 1. The van der Waals surface area contributed by atoms with Gasteiger partial charge >= 0.3 is 0 Å². The number of nitrogens with one attached hydrogen (secondary N) is 1. The molecule has 7 nitrogen and oxygen atoms in total. The first-order chi connectivity index (χ1) is 19.5. The van der Waals surface area contributed by atoms with E-state index >= 15 is 0 Å². The quantitative estimate of drug-likeness (QED) is 0.142. The third-order valence-electron chi connectivity index (χ3n) is 5.64. The lowest BCUT2D eigenvalue weighted by Crippen LogP contribution is -2.30. The lowest BCUT2D eigenvalue weighted by molar-refractivity contribution is -0.112. The number of hydrogen-bond donors (Lipinski definition) is 1. The summed E-state index contributed by atoms with van der Waals surface area (Å²) in [5.41, 5.74) is 0.684. The number of carbonyl (C=O) groups is 1. The summed E-state index contributed by atoms with van der Waals surface area (Å²) in [6.45, 7) is -0.223. The van der Waals surface area contributed by atoms with Crippen molar-refractivity contribution in [2.45, 2.75) is 18.0 Å². The molecule has 0 radical (unpaired) electrons. The summed E-state index contributed by atoms with van der Waals surface area (Å²) in [5, 5.41) is 13.7. The van der Waals surface area contributed by atoms with E-state index in [0.29, 0.717) is 26.3 Å². The first kappa shape index (κ1) is 30.9. The zero-order valence-corrected chi connectivity index (χ0v) is 25.3. The molecule has 3 aromatic carbocycles. The number of rotatable bonds is 9. The van der Waals surface area contributed by atoms with Gasteiger partial charge in [-0.2, -0.15) is 9.57 Å². The van der Waals surface area contributed by atoms with Gasteiger partial charge in [-0.15, -0.1) is 0 Å². The number of nitriles is 1. The molecule has 0 unspecified atom stereocenters. The summed E-state index contributed by atoms with van der Waals surface area (Å²) in [6.07, 6.45) is 1.24. The Kier molecular flexibility index (Phi) is 10.1. The van der Waals surface area contributed by atoms with Crippen molar-refractivity contribution in [2.75, 3.05) is 5.32 Å². The van der Waals surface area contributed by atoms with Gasteiger partial charge in [0.05, 0.1) is 31.5 Å². The highest BCUT2D eigenvalue weighted by Gasteiger charge is 2.26. The van der Waals surface area contributed by atoms with Gasteiger partial charge in [-0.25, -0.2) is 8.42 Å². The number of furan rings is 1. The van der Waals surface area contributed by atoms with E-state index in [4.69, 9.17) is 62.4 Å². The molecule has 1 heterocycles. The van der Waals surface area contributed by atoms with Crippen molar-refractivity contribution < 1.29 is 17.6 Å². The van der Waals surface area contributed by atoms with Gasteiger partial charge < -0.3 is 9.73 Å². The third-order valence-corrected chi connectivity index (χ3v) is 9.17. The minimum Gasteiger partial charge on any atom is -0.460 e. The summed E-state index contributed by atoms with van der Waals surface area (Å²) in [6, 6.07) is 20.0. The molecule has 1 N–H and O–H groups in total. The monoisotopic (exact) mass is 667 g/mol. The molecule has 4 aromatic rings. The molecule has 0 bridgehead atoms. The van der Waals surface area contributed by atoms with E-state index in [2.05, 4.69) is 5.32 Å². The number of sulfonamides is 1. The Bertz CT molecular complexity index is 1780. The molecule has 13 heteroatoms. The van der Waals surface area contributed by atoms with Crippen LogP contribution in [0.2, 0.25) is 25.1 Å². The number of halogens is 5. The average Bonchev–Trinajstić information content (AvgIpc) is 3.38. The molecule has 4 rings (SSSR count). The Morgan fingerprint density at radius 1 is 0.854 bits per heavy atom. The highest BCUT2D eigenvalue weighted by Crippen LogP contribution is 2.28. The van der Waals surface area contributed by atoms with Gasteiger partial charge in [-0.05, 0) is 72.3 Å². The van der Waals surface area contributed by atoms with Crippen molar-refractivity contribution in [1.82, 2.24) is 4.31 Å².